The maximum Gasteiger partial charge on any atom is 0.309 e. The van der Waals surface area contributed by atoms with Crippen LogP contribution in [0.2, 0.25) is 0 Å². The Hall–Kier alpha value is -2.73. The first-order valence-corrected chi connectivity index (χ1v) is 12.5. The SMILES string of the molecule is CCOC(=O)C1CCN(C(=O)Cc2c(C)nc(CC(C)C)c(CN)c2-c2ccc(C)cc2)CC1. The first kappa shape index (κ1) is 25.9. The van der Waals surface area contributed by atoms with Crippen molar-refractivity contribution >= 4 is 11.9 Å². The molecule has 2 heterocycles. The lowest BCUT2D eigenvalue weighted by Crippen LogP contribution is -2.41. The van der Waals surface area contributed by atoms with Crippen molar-refractivity contribution < 1.29 is 14.3 Å². The molecule has 0 unspecified atom stereocenters. The summed E-state index contributed by atoms with van der Waals surface area (Å²) >= 11 is 0. The smallest absolute Gasteiger partial charge is 0.309 e. The summed E-state index contributed by atoms with van der Waals surface area (Å²) in [6.07, 6.45) is 2.42. The zero-order valence-corrected chi connectivity index (χ0v) is 21.3. The second-order valence-corrected chi connectivity index (χ2v) is 9.73. The molecule has 1 fully saturated rings. The molecule has 1 aromatic heterocycles. The summed E-state index contributed by atoms with van der Waals surface area (Å²) in [4.78, 5) is 32.2. The van der Waals surface area contributed by atoms with Crippen molar-refractivity contribution in [3.8, 4) is 11.1 Å². The van der Waals surface area contributed by atoms with E-state index in [0.29, 0.717) is 45.0 Å². The summed E-state index contributed by atoms with van der Waals surface area (Å²) < 4.78 is 5.16. The first-order valence-electron chi connectivity index (χ1n) is 12.5. The predicted octanol–water partition coefficient (Wildman–Crippen LogP) is 4.37. The number of amides is 1. The molecule has 2 aromatic rings. The third-order valence-corrected chi connectivity index (χ3v) is 6.63. The van der Waals surface area contributed by atoms with Gasteiger partial charge in [-0.25, -0.2) is 0 Å². The highest BCUT2D eigenvalue weighted by molar-refractivity contribution is 5.84. The van der Waals surface area contributed by atoms with Crippen LogP contribution in [-0.4, -0.2) is 41.5 Å². The van der Waals surface area contributed by atoms with Crippen LogP contribution in [0.15, 0.2) is 24.3 Å². The fourth-order valence-electron chi connectivity index (χ4n) is 4.79. The lowest BCUT2D eigenvalue weighted by atomic mass is 9.88. The van der Waals surface area contributed by atoms with E-state index in [-0.39, 0.29) is 24.2 Å². The molecule has 6 nitrogen and oxygen atoms in total. The first-order chi connectivity index (χ1) is 16.2. The zero-order valence-electron chi connectivity index (χ0n) is 21.3. The van der Waals surface area contributed by atoms with Crippen molar-refractivity contribution in [2.24, 2.45) is 17.6 Å². The number of likely N-dealkylation sites (tertiary alicyclic amines) is 1. The Morgan fingerprint density at radius 2 is 1.76 bits per heavy atom. The van der Waals surface area contributed by atoms with Gasteiger partial charge in [-0.15, -0.1) is 0 Å². The third-order valence-electron chi connectivity index (χ3n) is 6.63. The molecule has 1 amide bonds. The number of aryl methyl sites for hydroxylation is 2. The number of hydrogen-bond acceptors (Lipinski definition) is 5. The summed E-state index contributed by atoms with van der Waals surface area (Å²) in [5.74, 6) is 0.260. The average molecular weight is 466 g/mol. The number of nitrogens with zero attached hydrogens (tertiary/aromatic N) is 2. The van der Waals surface area contributed by atoms with Crippen LogP contribution < -0.4 is 5.73 Å². The lowest BCUT2D eigenvalue weighted by molar-refractivity contribution is -0.151. The van der Waals surface area contributed by atoms with Gasteiger partial charge in [-0.05, 0) is 68.2 Å². The Labute approximate surface area is 203 Å². The topological polar surface area (TPSA) is 85.5 Å². The van der Waals surface area contributed by atoms with Gasteiger partial charge in [-0.2, -0.15) is 0 Å². The van der Waals surface area contributed by atoms with Crippen LogP contribution in [0.1, 0.15) is 61.7 Å². The van der Waals surface area contributed by atoms with Gasteiger partial charge in [0.2, 0.25) is 5.91 Å². The molecular weight excluding hydrogens is 426 g/mol. The molecule has 34 heavy (non-hydrogen) atoms. The minimum Gasteiger partial charge on any atom is -0.466 e. The number of ether oxygens (including phenoxy) is 1. The maximum absolute atomic E-state index is 13.4. The number of pyridine rings is 1. The largest absolute Gasteiger partial charge is 0.466 e. The Morgan fingerprint density at radius 3 is 2.32 bits per heavy atom. The number of nitrogens with two attached hydrogens (primary N) is 1. The van der Waals surface area contributed by atoms with Gasteiger partial charge in [-0.1, -0.05) is 43.7 Å². The molecule has 2 N–H and O–H groups in total. The lowest BCUT2D eigenvalue weighted by Gasteiger charge is -2.31. The second-order valence-electron chi connectivity index (χ2n) is 9.73. The normalized spacial score (nSPS) is 14.5. The fraction of sp³-hybridized carbons (Fsp3) is 0.536. The third kappa shape index (κ3) is 6.03. The number of piperidine rings is 1. The quantitative estimate of drug-likeness (QED) is 0.585. The highest BCUT2D eigenvalue weighted by Gasteiger charge is 2.29. The Balaban J connectivity index is 1.92. The minimum absolute atomic E-state index is 0.0696. The van der Waals surface area contributed by atoms with E-state index < -0.39 is 0 Å². The number of carbonyl (C=O) groups is 2. The number of hydrogen-bond donors (Lipinski definition) is 1. The van der Waals surface area contributed by atoms with Crippen LogP contribution in [0.4, 0.5) is 0 Å². The second kappa shape index (κ2) is 11.6. The van der Waals surface area contributed by atoms with Gasteiger partial charge in [0, 0.05) is 31.0 Å². The van der Waals surface area contributed by atoms with E-state index >= 15 is 0 Å². The molecule has 0 spiro atoms. The van der Waals surface area contributed by atoms with E-state index in [9.17, 15) is 9.59 Å². The monoisotopic (exact) mass is 465 g/mol. The van der Waals surface area contributed by atoms with E-state index in [1.165, 1.54) is 5.56 Å². The van der Waals surface area contributed by atoms with Gasteiger partial charge >= 0.3 is 5.97 Å². The number of carbonyl (C=O) groups excluding carboxylic acids is 2. The van der Waals surface area contributed by atoms with Crippen LogP contribution in [0.25, 0.3) is 11.1 Å². The van der Waals surface area contributed by atoms with Gasteiger partial charge in [0.25, 0.3) is 0 Å². The number of esters is 1. The molecule has 1 aliphatic heterocycles. The Bertz CT molecular complexity index is 1010. The van der Waals surface area contributed by atoms with Crippen LogP contribution in [0.5, 0.6) is 0 Å². The fourth-order valence-corrected chi connectivity index (χ4v) is 4.79. The van der Waals surface area contributed by atoms with E-state index in [0.717, 1.165) is 40.1 Å². The van der Waals surface area contributed by atoms with Gasteiger partial charge in [0.1, 0.15) is 0 Å². The summed E-state index contributed by atoms with van der Waals surface area (Å²) in [6, 6.07) is 8.42. The molecule has 184 valence electrons. The summed E-state index contributed by atoms with van der Waals surface area (Å²) in [5.41, 5.74) is 13.5. The van der Waals surface area contributed by atoms with Crippen molar-refractivity contribution in [2.45, 2.75) is 66.8 Å². The molecule has 0 radical (unpaired) electrons. The van der Waals surface area contributed by atoms with Crippen LogP contribution >= 0.6 is 0 Å². The van der Waals surface area contributed by atoms with Gasteiger partial charge in [-0.3, -0.25) is 14.6 Å². The molecule has 0 saturated carbocycles. The molecule has 0 bridgehead atoms. The van der Waals surface area contributed by atoms with Crippen molar-refractivity contribution in [1.29, 1.82) is 0 Å². The standard InChI is InChI=1S/C28H39N3O3/c1-6-34-28(33)22-11-13-31(14-12-22)26(32)16-23-20(5)30-25(15-18(2)3)24(17-29)27(23)21-9-7-19(4)8-10-21/h7-10,18,22H,6,11-17,29H2,1-5H3. The number of rotatable bonds is 8. The highest BCUT2D eigenvalue weighted by atomic mass is 16.5. The highest BCUT2D eigenvalue weighted by Crippen LogP contribution is 2.33. The van der Waals surface area contributed by atoms with Crippen molar-refractivity contribution in [3.05, 3.63) is 52.3 Å². The van der Waals surface area contributed by atoms with E-state index in [1.54, 1.807) is 0 Å². The van der Waals surface area contributed by atoms with E-state index in [4.69, 9.17) is 15.5 Å². The zero-order chi connectivity index (χ0) is 24.8. The van der Waals surface area contributed by atoms with Crippen molar-refractivity contribution in [2.75, 3.05) is 19.7 Å². The van der Waals surface area contributed by atoms with E-state index in [1.807, 2.05) is 18.7 Å². The summed E-state index contributed by atoms with van der Waals surface area (Å²) in [6.45, 7) is 12.2. The Morgan fingerprint density at radius 1 is 1.12 bits per heavy atom. The van der Waals surface area contributed by atoms with Crippen LogP contribution in [0, 0.1) is 25.7 Å². The summed E-state index contributed by atoms with van der Waals surface area (Å²) in [5, 5.41) is 0. The molecule has 0 atom stereocenters. The average Bonchev–Trinajstić information content (AvgIpc) is 2.81. The Kier molecular flexibility index (Phi) is 8.84. The maximum atomic E-state index is 13.4. The van der Waals surface area contributed by atoms with E-state index in [2.05, 4.69) is 45.0 Å². The van der Waals surface area contributed by atoms with Gasteiger partial charge in [0.05, 0.1) is 18.9 Å². The molecule has 1 aliphatic rings. The van der Waals surface area contributed by atoms with Gasteiger partial charge in [0.15, 0.2) is 0 Å². The minimum atomic E-state index is -0.148. The molecule has 6 heteroatoms. The van der Waals surface area contributed by atoms with Crippen molar-refractivity contribution in [3.63, 3.8) is 0 Å². The molecule has 1 saturated heterocycles. The number of benzene rings is 1. The summed E-state index contributed by atoms with van der Waals surface area (Å²) in [7, 11) is 0. The predicted molar refractivity (Wildman–Crippen MR) is 135 cm³/mol. The number of aromatic nitrogens is 1. The van der Waals surface area contributed by atoms with Gasteiger partial charge < -0.3 is 15.4 Å². The van der Waals surface area contributed by atoms with Crippen molar-refractivity contribution in [1.82, 2.24) is 9.88 Å². The van der Waals surface area contributed by atoms with Crippen LogP contribution in [-0.2, 0) is 33.7 Å². The molecule has 3 rings (SSSR count). The molecule has 0 aliphatic carbocycles. The molecular formula is C28H39N3O3. The van der Waals surface area contributed by atoms with Crippen LogP contribution in [0.3, 0.4) is 0 Å². The molecule has 1 aromatic carbocycles.